The van der Waals surface area contributed by atoms with Crippen LogP contribution in [0.3, 0.4) is 0 Å². The summed E-state index contributed by atoms with van der Waals surface area (Å²) in [5.74, 6) is -0.0515. The van der Waals surface area contributed by atoms with E-state index in [0.717, 1.165) is 0 Å². The molecule has 1 atom stereocenters. The molecule has 0 aliphatic heterocycles. The first-order valence-electron chi connectivity index (χ1n) is 10.0. The molecule has 166 valence electrons. The van der Waals surface area contributed by atoms with Gasteiger partial charge in [0.15, 0.2) is 0 Å². The Morgan fingerprint density at radius 1 is 1.26 bits per heavy atom. The van der Waals surface area contributed by atoms with E-state index in [-0.39, 0.29) is 17.4 Å². The molecule has 0 saturated heterocycles. The molecule has 0 aliphatic carbocycles. The molecular weight excluding hydrogens is 401 g/mol. The summed E-state index contributed by atoms with van der Waals surface area (Å²) >= 11 is 0. The van der Waals surface area contributed by atoms with Crippen molar-refractivity contribution in [2.45, 2.75) is 39.0 Å². The van der Waals surface area contributed by atoms with Crippen LogP contribution in [0.4, 0.5) is 10.3 Å². The Bertz CT molecular complexity index is 1100. The minimum atomic E-state index is -0.977. The fourth-order valence-electron chi connectivity index (χ4n) is 3.18. The van der Waals surface area contributed by atoms with Gasteiger partial charge < -0.3 is 15.2 Å². The fraction of sp³-hybridized carbons (Fsp3) is 0.409. The summed E-state index contributed by atoms with van der Waals surface area (Å²) < 4.78 is 21.9. The van der Waals surface area contributed by atoms with Crippen LogP contribution in [0, 0.1) is 5.82 Å². The highest BCUT2D eigenvalue weighted by Crippen LogP contribution is 2.29. The number of nitrogens with zero attached hydrogens (tertiary/aromatic N) is 4. The zero-order valence-electron chi connectivity index (χ0n) is 18.4. The van der Waals surface area contributed by atoms with Gasteiger partial charge in [0, 0.05) is 20.4 Å². The number of halogens is 1. The lowest BCUT2D eigenvalue weighted by molar-refractivity contribution is 0.0646. The first kappa shape index (κ1) is 22.6. The molecule has 2 N–H and O–H groups in total. The van der Waals surface area contributed by atoms with Crippen molar-refractivity contribution in [1.29, 1.82) is 0 Å². The van der Waals surface area contributed by atoms with Gasteiger partial charge in [0.1, 0.15) is 5.82 Å². The van der Waals surface area contributed by atoms with Crippen LogP contribution < -0.4 is 10.9 Å². The monoisotopic (exact) mass is 429 g/mol. The average Bonchev–Trinajstić information content (AvgIpc) is 2.96. The van der Waals surface area contributed by atoms with Gasteiger partial charge in [-0.3, -0.25) is 9.48 Å². The van der Waals surface area contributed by atoms with Crippen molar-refractivity contribution >= 4 is 5.95 Å². The molecule has 0 radical (unpaired) electrons. The molecule has 8 nitrogen and oxygen atoms in total. The molecule has 31 heavy (non-hydrogen) atoms. The van der Waals surface area contributed by atoms with Gasteiger partial charge in [-0.25, -0.2) is 19.0 Å². The number of nitrogens with one attached hydrogen (secondary N) is 1. The van der Waals surface area contributed by atoms with Gasteiger partial charge in [-0.05, 0) is 44.5 Å². The Hall–Kier alpha value is -3.04. The maximum Gasteiger partial charge on any atom is 0.275 e. The predicted octanol–water partition coefficient (Wildman–Crippen LogP) is 2.67. The second-order valence-electron chi connectivity index (χ2n) is 7.96. The number of anilines is 1. The van der Waals surface area contributed by atoms with Gasteiger partial charge in [0.2, 0.25) is 5.95 Å². The molecule has 0 saturated carbocycles. The lowest BCUT2D eigenvalue weighted by atomic mass is 10.0. The zero-order chi connectivity index (χ0) is 22.8. The van der Waals surface area contributed by atoms with Crippen molar-refractivity contribution in [1.82, 2.24) is 19.3 Å². The highest BCUT2D eigenvalue weighted by molar-refractivity contribution is 5.79. The number of benzene rings is 1. The molecule has 0 fully saturated rings. The Morgan fingerprint density at radius 3 is 2.55 bits per heavy atom. The quantitative estimate of drug-likeness (QED) is 0.572. The minimum absolute atomic E-state index is 0.223. The molecule has 3 rings (SSSR count). The molecule has 0 bridgehead atoms. The molecule has 0 amide bonds. The number of hydrogen-bond acceptors (Lipinski definition) is 6. The summed E-state index contributed by atoms with van der Waals surface area (Å²) in [7, 11) is 3.34. The summed E-state index contributed by atoms with van der Waals surface area (Å²) in [6.07, 6.45) is 1.59. The van der Waals surface area contributed by atoms with E-state index < -0.39 is 5.60 Å². The lowest BCUT2D eigenvalue weighted by Gasteiger charge is -2.26. The molecule has 2 aromatic heterocycles. The van der Waals surface area contributed by atoms with Crippen LogP contribution in [0.15, 0.2) is 41.3 Å². The van der Waals surface area contributed by atoms with Crippen LogP contribution >= 0.6 is 0 Å². The molecule has 0 aliphatic rings. The van der Waals surface area contributed by atoms with Crippen LogP contribution in [-0.4, -0.2) is 49.8 Å². The number of methoxy groups -OCH3 is 1. The summed E-state index contributed by atoms with van der Waals surface area (Å²) in [5.41, 5.74) is 0.906. The van der Waals surface area contributed by atoms with Gasteiger partial charge in [-0.15, -0.1) is 0 Å². The molecule has 0 unspecified atom stereocenters. The van der Waals surface area contributed by atoms with Crippen molar-refractivity contribution in [2.24, 2.45) is 7.05 Å². The lowest BCUT2D eigenvalue weighted by Crippen LogP contribution is -2.39. The van der Waals surface area contributed by atoms with Gasteiger partial charge in [-0.1, -0.05) is 12.1 Å². The Morgan fingerprint density at radius 2 is 1.94 bits per heavy atom. The maximum absolute atomic E-state index is 13.5. The zero-order valence-corrected chi connectivity index (χ0v) is 18.4. The van der Waals surface area contributed by atoms with E-state index in [9.17, 15) is 14.3 Å². The van der Waals surface area contributed by atoms with Crippen molar-refractivity contribution < 1.29 is 14.2 Å². The normalized spacial score (nSPS) is 12.7. The predicted molar refractivity (Wildman–Crippen MR) is 117 cm³/mol. The van der Waals surface area contributed by atoms with Gasteiger partial charge >= 0.3 is 0 Å². The van der Waals surface area contributed by atoms with Crippen LogP contribution in [0.25, 0.3) is 22.5 Å². The van der Waals surface area contributed by atoms with E-state index in [4.69, 9.17) is 4.74 Å². The number of rotatable bonds is 8. The average molecular weight is 429 g/mol. The summed E-state index contributed by atoms with van der Waals surface area (Å²) in [5, 5.41) is 13.3. The minimum Gasteiger partial charge on any atom is -0.388 e. The van der Waals surface area contributed by atoms with E-state index >= 15 is 0 Å². The molecular formula is C22H28FN5O3. The van der Waals surface area contributed by atoms with E-state index in [0.29, 0.717) is 41.6 Å². The van der Waals surface area contributed by atoms with Crippen LogP contribution in [0.5, 0.6) is 0 Å². The highest BCUT2D eigenvalue weighted by atomic mass is 19.1. The largest absolute Gasteiger partial charge is 0.388 e. The number of aromatic nitrogens is 4. The second kappa shape index (κ2) is 8.99. The van der Waals surface area contributed by atoms with E-state index in [1.54, 1.807) is 61.8 Å². The van der Waals surface area contributed by atoms with Crippen molar-refractivity contribution in [3.05, 3.63) is 52.7 Å². The molecule has 9 heteroatoms. The standard InChI is InChI=1S/C22H28FN5O3/c1-14(22(2,3)30)25-21-24-11-10-17(26-21)19-18(15-6-8-16(23)9-7-15)20(29)28(27(19)4)12-13-31-5/h6-11,14,30H,12-13H2,1-5H3,(H,24,25,26)/t14-/m0/s1. The number of ether oxygens (including phenoxy) is 1. The molecule has 0 spiro atoms. The smallest absolute Gasteiger partial charge is 0.275 e. The Labute approximate surface area is 180 Å². The van der Waals surface area contributed by atoms with Gasteiger partial charge in [0.05, 0.1) is 41.7 Å². The molecule has 2 heterocycles. The van der Waals surface area contributed by atoms with Crippen LogP contribution in [0.2, 0.25) is 0 Å². The maximum atomic E-state index is 13.5. The fourth-order valence-corrected chi connectivity index (χ4v) is 3.18. The summed E-state index contributed by atoms with van der Waals surface area (Å²) in [6, 6.07) is 7.20. The van der Waals surface area contributed by atoms with E-state index in [2.05, 4.69) is 15.3 Å². The van der Waals surface area contributed by atoms with Crippen LogP contribution in [0.1, 0.15) is 20.8 Å². The number of hydrogen-bond donors (Lipinski definition) is 2. The van der Waals surface area contributed by atoms with Gasteiger partial charge in [-0.2, -0.15) is 0 Å². The molecule has 3 aromatic rings. The SMILES string of the molecule is COCCn1c(=O)c(-c2ccc(F)cc2)c(-c2ccnc(N[C@@H](C)C(C)(C)O)n2)n1C. The van der Waals surface area contributed by atoms with Crippen molar-refractivity contribution in [3.63, 3.8) is 0 Å². The van der Waals surface area contributed by atoms with E-state index in [1.807, 2.05) is 6.92 Å². The Balaban J connectivity index is 2.15. The van der Waals surface area contributed by atoms with Gasteiger partial charge in [0.25, 0.3) is 5.56 Å². The van der Waals surface area contributed by atoms with Crippen LogP contribution in [-0.2, 0) is 18.3 Å². The topological polar surface area (TPSA) is 94.2 Å². The van der Waals surface area contributed by atoms with Crippen molar-refractivity contribution in [3.8, 4) is 22.5 Å². The first-order valence-corrected chi connectivity index (χ1v) is 10.0. The van der Waals surface area contributed by atoms with Crippen molar-refractivity contribution in [2.75, 3.05) is 19.0 Å². The highest BCUT2D eigenvalue weighted by Gasteiger charge is 2.25. The third-order valence-electron chi connectivity index (χ3n) is 5.31. The van der Waals surface area contributed by atoms with E-state index in [1.165, 1.54) is 12.1 Å². The molecule has 1 aromatic carbocycles. The number of aliphatic hydroxyl groups is 1. The summed E-state index contributed by atoms with van der Waals surface area (Å²) in [6.45, 7) is 5.93. The first-order chi connectivity index (χ1) is 14.6. The Kier molecular flexibility index (Phi) is 6.56. The summed E-state index contributed by atoms with van der Waals surface area (Å²) in [4.78, 5) is 22.1. The third-order valence-corrected chi connectivity index (χ3v) is 5.31. The third kappa shape index (κ3) is 4.83. The second-order valence-corrected chi connectivity index (χ2v) is 7.96.